The van der Waals surface area contributed by atoms with Crippen LogP contribution in [0.2, 0.25) is 0 Å². The van der Waals surface area contributed by atoms with E-state index in [4.69, 9.17) is 5.73 Å². The average molecular weight is 552 g/mol. The number of hydrogen-bond donors (Lipinski definition) is 3. The van der Waals surface area contributed by atoms with E-state index in [-0.39, 0.29) is 19.4 Å². The molecular formula is C23H19N7O3SSe. The molecular weight excluding hydrogens is 533 g/mol. The van der Waals surface area contributed by atoms with E-state index in [0.717, 1.165) is 11.1 Å². The first-order valence-electron chi connectivity index (χ1n) is 10.2. The van der Waals surface area contributed by atoms with Crippen molar-refractivity contribution in [3.05, 3.63) is 90.5 Å². The van der Waals surface area contributed by atoms with Crippen LogP contribution in [-0.4, -0.2) is 40.2 Å². The fourth-order valence-corrected chi connectivity index (χ4v) is 5.37. The first-order valence-corrected chi connectivity index (χ1v) is 13.3. The van der Waals surface area contributed by atoms with Crippen LogP contribution in [0.5, 0.6) is 0 Å². The van der Waals surface area contributed by atoms with E-state index in [1.54, 1.807) is 10.9 Å². The Labute approximate surface area is 207 Å². The molecule has 0 radical (unpaired) electrons. The van der Waals surface area contributed by atoms with E-state index in [2.05, 4.69) is 25.7 Å². The molecule has 10 nitrogen and oxygen atoms in total. The maximum atomic E-state index is 12.0. The predicted octanol–water partition coefficient (Wildman–Crippen LogP) is 4.02. The first kappa shape index (κ1) is 24.0. The van der Waals surface area contributed by atoms with Gasteiger partial charge in [0.25, 0.3) is 0 Å². The number of amides is 2. The summed E-state index contributed by atoms with van der Waals surface area (Å²) in [6.07, 6.45) is 1.71. The van der Waals surface area contributed by atoms with Crippen molar-refractivity contribution in [1.82, 2.24) is 9.71 Å². The molecule has 12 heteroatoms. The Morgan fingerprint density at radius 3 is 2.23 bits per heavy atom. The van der Waals surface area contributed by atoms with Crippen LogP contribution in [0.1, 0.15) is 5.56 Å². The number of nitrogens with two attached hydrogens (primary N) is 1. The summed E-state index contributed by atoms with van der Waals surface area (Å²) in [6, 6.07) is 23.7. The Bertz CT molecular complexity index is 1470. The Kier molecular flexibility index (Phi) is 7.46. The molecule has 0 saturated heterocycles. The van der Waals surface area contributed by atoms with Crippen LogP contribution in [0.15, 0.2) is 105 Å². The standard InChI is InChI=1S/C23H19N7O3SSe/c24-22(31)30-34(32,33)19-13-11-18(12-14-19)27-28-21-20(17-9-5-2-6-10-17)26-23(35-21)29-25-15-16-7-3-1-4-8-16/h1-15H,(H,26,29)(H3,24,30,31)/b25-15+,28-27?. The van der Waals surface area contributed by atoms with Gasteiger partial charge in [-0.3, -0.25) is 0 Å². The van der Waals surface area contributed by atoms with E-state index in [0.29, 0.717) is 20.6 Å². The van der Waals surface area contributed by atoms with Gasteiger partial charge in [0.05, 0.1) is 0 Å². The van der Waals surface area contributed by atoms with Crippen LogP contribution in [0, 0.1) is 0 Å². The molecule has 4 rings (SSSR count). The summed E-state index contributed by atoms with van der Waals surface area (Å²) in [6.45, 7) is 0. The SMILES string of the molecule is NC(=O)NS(=O)(=O)c1ccc(N=Nc2[se]c(N/N=C/c3ccccc3)nc2-c2ccccc2)cc1. The van der Waals surface area contributed by atoms with Gasteiger partial charge in [0.2, 0.25) is 0 Å². The molecule has 0 bridgehead atoms. The molecule has 1 aromatic heterocycles. The number of aromatic nitrogens is 1. The zero-order valence-corrected chi connectivity index (χ0v) is 20.6. The zero-order chi connectivity index (χ0) is 24.7. The average Bonchev–Trinajstić information content (AvgIpc) is 3.26. The predicted molar refractivity (Wildman–Crippen MR) is 135 cm³/mol. The van der Waals surface area contributed by atoms with Crippen LogP contribution in [-0.2, 0) is 10.0 Å². The number of rotatable bonds is 8. The third-order valence-corrected chi connectivity index (χ3v) is 7.60. The number of hydrazone groups is 1. The minimum absolute atomic E-state index is 0.115. The summed E-state index contributed by atoms with van der Waals surface area (Å²) >= 11 is -0.280. The molecule has 0 fully saturated rings. The second-order valence-corrected chi connectivity index (χ2v) is 10.7. The Hall–Kier alpha value is -4.12. The number of nitrogens with zero attached hydrogens (tertiary/aromatic N) is 4. The van der Waals surface area contributed by atoms with Gasteiger partial charge in [-0.25, -0.2) is 0 Å². The summed E-state index contributed by atoms with van der Waals surface area (Å²) in [5, 5.41) is 12.9. The summed E-state index contributed by atoms with van der Waals surface area (Å²) in [4.78, 5) is 15.4. The maximum absolute atomic E-state index is 12.0. The topological polar surface area (TPSA) is 151 Å². The Morgan fingerprint density at radius 1 is 0.914 bits per heavy atom. The van der Waals surface area contributed by atoms with Gasteiger partial charge in [-0.15, -0.1) is 0 Å². The van der Waals surface area contributed by atoms with Gasteiger partial charge in [0.15, 0.2) is 0 Å². The van der Waals surface area contributed by atoms with Gasteiger partial charge < -0.3 is 0 Å². The van der Waals surface area contributed by atoms with Gasteiger partial charge >= 0.3 is 208 Å². The van der Waals surface area contributed by atoms with Crippen LogP contribution >= 0.6 is 0 Å². The van der Waals surface area contributed by atoms with Crippen molar-refractivity contribution in [2.45, 2.75) is 4.90 Å². The van der Waals surface area contributed by atoms with Gasteiger partial charge in [-0.1, -0.05) is 0 Å². The molecule has 1 heterocycles. The molecule has 3 aromatic carbocycles. The third-order valence-electron chi connectivity index (χ3n) is 4.47. The van der Waals surface area contributed by atoms with Gasteiger partial charge in [0, 0.05) is 0 Å². The quantitative estimate of drug-likeness (QED) is 0.131. The van der Waals surface area contributed by atoms with Gasteiger partial charge in [-0.05, 0) is 0 Å². The summed E-state index contributed by atoms with van der Waals surface area (Å²) in [5.74, 6) is 0. The number of benzene rings is 3. The number of azo groups is 1. The van der Waals surface area contributed by atoms with Crippen molar-refractivity contribution in [3.63, 3.8) is 0 Å². The van der Waals surface area contributed by atoms with Crippen molar-refractivity contribution < 1.29 is 13.2 Å². The van der Waals surface area contributed by atoms with Gasteiger partial charge in [0.1, 0.15) is 0 Å². The van der Waals surface area contributed by atoms with E-state index in [1.165, 1.54) is 24.3 Å². The molecule has 0 saturated carbocycles. The number of nitrogens with one attached hydrogen (secondary N) is 2. The fourth-order valence-electron chi connectivity index (χ4n) is 2.90. The second-order valence-electron chi connectivity index (χ2n) is 6.98. The Morgan fingerprint density at radius 2 is 1.57 bits per heavy atom. The van der Waals surface area contributed by atoms with Crippen molar-refractivity contribution in [2.75, 3.05) is 5.43 Å². The number of urea groups is 1. The molecule has 0 aliphatic rings. The molecule has 0 spiro atoms. The number of hydrogen-bond acceptors (Lipinski definition) is 8. The van der Waals surface area contributed by atoms with Crippen LogP contribution < -0.4 is 15.9 Å². The number of anilines is 1. The molecule has 4 N–H and O–H groups in total. The summed E-state index contributed by atoms with van der Waals surface area (Å²) < 4.78 is 27.1. The van der Waals surface area contributed by atoms with Crippen LogP contribution in [0.4, 0.5) is 19.7 Å². The number of sulfonamides is 1. The fraction of sp³-hybridized carbons (Fsp3) is 0. The van der Waals surface area contributed by atoms with Crippen LogP contribution in [0.25, 0.3) is 11.3 Å². The molecule has 0 aliphatic heterocycles. The number of primary amides is 1. The van der Waals surface area contributed by atoms with E-state index >= 15 is 0 Å². The minimum atomic E-state index is -4.03. The first-order chi connectivity index (χ1) is 16.9. The summed E-state index contributed by atoms with van der Waals surface area (Å²) in [5.41, 5.74) is 10.9. The van der Waals surface area contributed by atoms with Gasteiger partial charge in [-0.2, -0.15) is 0 Å². The molecule has 176 valence electrons. The number of carbonyl (C=O) groups excluding carboxylic acids is 1. The molecule has 0 atom stereocenters. The Balaban J connectivity index is 1.57. The molecule has 35 heavy (non-hydrogen) atoms. The van der Waals surface area contributed by atoms with Crippen LogP contribution in [0.3, 0.4) is 0 Å². The van der Waals surface area contributed by atoms with E-state index < -0.39 is 16.1 Å². The third kappa shape index (κ3) is 6.48. The second kappa shape index (κ2) is 10.9. The molecule has 2 amide bonds. The van der Waals surface area contributed by atoms with Crippen molar-refractivity contribution in [3.8, 4) is 11.3 Å². The molecule has 4 aromatic rings. The van der Waals surface area contributed by atoms with E-state index in [9.17, 15) is 13.2 Å². The van der Waals surface area contributed by atoms with Crippen molar-refractivity contribution in [1.29, 1.82) is 0 Å². The summed E-state index contributed by atoms with van der Waals surface area (Å²) in [7, 11) is -4.03. The monoisotopic (exact) mass is 553 g/mol. The normalized spacial score (nSPS) is 11.7. The number of carbonyl (C=O) groups is 1. The zero-order valence-electron chi connectivity index (χ0n) is 18.1. The molecule has 0 aliphatic carbocycles. The molecule has 0 unspecified atom stereocenters. The van der Waals surface area contributed by atoms with Crippen molar-refractivity contribution in [2.24, 2.45) is 21.1 Å². The van der Waals surface area contributed by atoms with Crippen molar-refractivity contribution >= 4 is 51.7 Å². The van der Waals surface area contributed by atoms with E-state index in [1.807, 2.05) is 60.7 Å².